The number of hydrogen-bond donors (Lipinski definition) is 1. The van der Waals surface area contributed by atoms with Crippen LogP contribution in [0.2, 0.25) is 0 Å². The third kappa shape index (κ3) is 3.22. The van der Waals surface area contributed by atoms with Gasteiger partial charge in [-0.25, -0.2) is 4.98 Å². The van der Waals surface area contributed by atoms with Crippen molar-refractivity contribution in [1.82, 2.24) is 4.98 Å². The van der Waals surface area contributed by atoms with Gasteiger partial charge in [-0.3, -0.25) is 4.79 Å². The number of nitrogens with zero attached hydrogens (tertiary/aromatic N) is 1. The van der Waals surface area contributed by atoms with E-state index >= 15 is 0 Å². The van der Waals surface area contributed by atoms with Crippen molar-refractivity contribution in [3.05, 3.63) is 23.9 Å². The molecule has 1 heterocycles. The fourth-order valence-corrected chi connectivity index (χ4v) is 2.46. The van der Waals surface area contributed by atoms with Crippen LogP contribution in [0, 0.1) is 12.8 Å². The van der Waals surface area contributed by atoms with E-state index in [1.807, 2.05) is 25.3 Å². The summed E-state index contributed by atoms with van der Waals surface area (Å²) in [5.41, 5.74) is 1.15. The minimum Gasteiger partial charge on any atom is -0.469 e. The molecule has 0 radical (unpaired) electrons. The van der Waals surface area contributed by atoms with Crippen LogP contribution in [-0.4, -0.2) is 24.1 Å². The molecule has 2 atom stereocenters. The molecule has 4 nitrogen and oxygen atoms in total. The first kappa shape index (κ1) is 12.9. The number of aromatic nitrogens is 1. The maximum Gasteiger partial charge on any atom is 0.308 e. The fourth-order valence-electron chi connectivity index (χ4n) is 2.46. The summed E-state index contributed by atoms with van der Waals surface area (Å²) in [7, 11) is 1.46. The lowest BCUT2D eigenvalue weighted by atomic mass is 9.86. The molecule has 4 heteroatoms. The quantitative estimate of drug-likeness (QED) is 0.835. The topological polar surface area (TPSA) is 51.2 Å². The number of esters is 1. The van der Waals surface area contributed by atoms with Gasteiger partial charge in [-0.2, -0.15) is 0 Å². The standard InChI is InChI=1S/C14H20N2O2/c1-10-6-7-13(15-9-10)16-12-5-3-4-11(8-12)14(17)18-2/h6-7,9,11-12H,3-5,8H2,1-2H3,(H,15,16)/t11-,12+/m1/s1. The van der Waals surface area contributed by atoms with E-state index in [1.165, 1.54) is 7.11 Å². The van der Waals surface area contributed by atoms with Crippen LogP contribution in [0.5, 0.6) is 0 Å². The van der Waals surface area contributed by atoms with Gasteiger partial charge in [0.25, 0.3) is 0 Å². The van der Waals surface area contributed by atoms with Crippen molar-refractivity contribution in [3.63, 3.8) is 0 Å². The van der Waals surface area contributed by atoms with Crippen LogP contribution in [0.25, 0.3) is 0 Å². The third-order valence-electron chi connectivity index (χ3n) is 3.47. The fraction of sp³-hybridized carbons (Fsp3) is 0.571. The molecule has 1 aliphatic carbocycles. The predicted molar refractivity (Wildman–Crippen MR) is 70.4 cm³/mol. The van der Waals surface area contributed by atoms with E-state index in [-0.39, 0.29) is 11.9 Å². The van der Waals surface area contributed by atoms with Gasteiger partial charge >= 0.3 is 5.97 Å². The van der Waals surface area contributed by atoms with Crippen molar-refractivity contribution in [3.8, 4) is 0 Å². The number of anilines is 1. The summed E-state index contributed by atoms with van der Waals surface area (Å²) in [6.45, 7) is 2.02. The van der Waals surface area contributed by atoms with Crippen molar-refractivity contribution in [2.75, 3.05) is 12.4 Å². The van der Waals surface area contributed by atoms with Crippen LogP contribution in [0.3, 0.4) is 0 Å². The SMILES string of the molecule is COC(=O)[C@@H]1CCC[C@H](Nc2ccc(C)cn2)C1. The zero-order valence-electron chi connectivity index (χ0n) is 11.0. The molecule has 1 N–H and O–H groups in total. The number of pyridine rings is 1. The molecule has 1 aromatic rings. The smallest absolute Gasteiger partial charge is 0.308 e. The van der Waals surface area contributed by atoms with Crippen molar-refractivity contribution >= 4 is 11.8 Å². The van der Waals surface area contributed by atoms with Crippen LogP contribution < -0.4 is 5.32 Å². The van der Waals surface area contributed by atoms with Gasteiger partial charge in [-0.15, -0.1) is 0 Å². The molecule has 1 aromatic heterocycles. The van der Waals surface area contributed by atoms with Crippen molar-refractivity contribution < 1.29 is 9.53 Å². The molecule has 0 spiro atoms. The van der Waals surface area contributed by atoms with E-state index in [0.717, 1.165) is 37.1 Å². The van der Waals surface area contributed by atoms with Crippen molar-refractivity contribution in [2.45, 2.75) is 38.6 Å². The number of ether oxygens (including phenoxy) is 1. The summed E-state index contributed by atoms with van der Waals surface area (Å²) < 4.78 is 4.82. The van der Waals surface area contributed by atoms with Crippen LogP contribution in [0.1, 0.15) is 31.2 Å². The number of rotatable bonds is 3. The molecule has 18 heavy (non-hydrogen) atoms. The Morgan fingerprint density at radius 3 is 2.94 bits per heavy atom. The molecular formula is C14H20N2O2. The third-order valence-corrected chi connectivity index (χ3v) is 3.47. The van der Waals surface area contributed by atoms with Crippen LogP contribution in [-0.2, 0) is 9.53 Å². The number of methoxy groups -OCH3 is 1. The highest BCUT2D eigenvalue weighted by atomic mass is 16.5. The molecular weight excluding hydrogens is 228 g/mol. The van der Waals surface area contributed by atoms with E-state index in [9.17, 15) is 4.79 Å². The van der Waals surface area contributed by atoms with E-state index < -0.39 is 0 Å². The number of hydrogen-bond acceptors (Lipinski definition) is 4. The molecule has 1 fully saturated rings. The van der Waals surface area contributed by atoms with Gasteiger partial charge in [-0.05, 0) is 37.8 Å². The molecule has 0 aromatic carbocycles. The Bertz CT molecular complexity index is 403. The zero-order chi connectivity index (χ0) is 13.0. The summed E-state index contributed by atoms with van der Waals surface area (Å²) in [6, 6.07) is 4.34. The van der Waals surface area contributed by atoms with Gasteiger partial charge in [0.2, 0.25) is 0 Å². The van der Waals surface area contributed by atoms with E-state index in [2.05, 4.69) is 10.3 Å². The number of aryl methyl sites for hydroxylation is 1. The molecule has 0 aliphatic heterocycles. The zero-order valence-corrected chi connectivity index (χ0v) is 11.0. The highest BCUT2D eigenvalue weighted by molar-refractivity contribution is 5.72. The maximum atomic E-state index is 11.5. The monoisotopic (exact) mass is 248 g/mol. The first-order valence-corrected chi connectivity index (χ1v) is 6.46. The van der Waals surface area contributed by atoms with Gasteiger partial charge in [0.15, 0.2) is 0 Å². The Morgan fingerprint density at radius 2 is 2.28 bits per heavy atom. The lowest BCUT2D eigenvalue weighted by Crippen LogP contribution is -2.31. The molecule has 1 saturated carbocycles. The Balaban J connectivity index is 1.93. The second-order valence-electron chi connectivity index (χ2n) is 4.95. The first-order valence-electron chi connectivity index (χ1n) is 6.46. The average molecular weight is 248 g/mol. The maximum absolute atomic E-state index is 11.5. The van der Waals surface area contributed by atoms with Gasteiger partial charge in [0.05, 0.1) is 13.0 Å². The second-order valence-corrected chi connectivity index (χ2v) is 4.95. The molecule has 98 valence electrons. The van der Waals surface area contributed by atoms with Crippen LogP contribution in [0.4, 0.5) is 5.82 Å². The molecule has 1 aliphatic rings. The summed E-state index contributed by atoms with van der Waals surface area (Å²) in [5, 5.41) is 3.40. The highest BCUT2D eigenvalue weighted by Gasteiger charge is 2.27. The minimum atomic E-state index is -0.0848. The van der Waals surface area contributed by atoms with Gasteiger partial charge < -0.3 is 10.1 Å². The largest absolute Gasteiger partial charge is 0.469 e. The lowest BCUT2D eigenvalue weighted by molar-refractivity contribution is -0.146. The molecule has 2 rings (SSSR count). The van der Waals surface area contributed by atoms with E-state index in [1.54, 1.807) is 0 Å². The lowest BCUT2D eigenvalue weighted by Gasteiger charge is -2.28. The van der Waals surface area contributed by atoms with Gasteiger partial charge in [0.1, 0.15) is 5.82 Å². The summed E-state index contributed by atoms with van der Waals surface area (Å²) in [5.74, 6) is 0.834. The Hall–Kier alpha value is -1.58. The second kappa shape index (κ2) is 5.85. The van der Waals surface area contributed by atoms with E-state index in [0.29, 0.717) is 6.04 Å². The number of carbonyl (C=O) groups is 1. The molecule has 0 amide bonds. The summed E-state index contributed by atoms with van der Waals surface area (Å²) in [6.07, 6.45) is 5.77. The van der Waals surface area contributed by atoms with Crippen LogP contribution in [0.15, 0.2) is 18.3 Å². The summed E-state index contributed by atoms with van der Waals surface area (Å²) >= 11 is 0. The van der Waals surface area contributed by atoms with Gasteiger partial charge in [-0.1, -0.05) is 12.5 Å². The predicted octanol–water partition coefficient (Wildman–Crippen LogP) is 2.53. The van der Waals surface area contributed by atoms with Gasteiger partial charge in [0, 0.05) is 12.2 Å². The molecule has 0 bridgehead atoms. The average Bonchev–Trinajstić information content (AvgIpc) is 2.41. The number of nitrogens with one attached hydrogen (secondary N) is 1. The Kier molecular flexibility index (Phi) is 4.18. The first-order chi connectivity index (χ1) is 8.69. The summed E-state index contributed by atoms with van der Waals surface area (Å²) in [4.78, 5) is 15.9. The van der Waals surface area contributed by atoms with E-state index in [4.69, 9.17) is 4.74 Å². The van der Waals surface area contributed by atoms with Crippen LogP contribution >= 0.6 is 0 Å². The normalized spacial score (nSPS) is 23.4. The number of carbonyl (C=O) groups excluding carboxylic acids is 1. The Labute approximate surface area is 108 Å². The molecule has 0 saturated heterocycles. The Morgan fingerprint density at radius 1 is 1.44 bits per heavy atom. The minimum absolute atomic E-state index is 0.0340. The molecule has 0 unspecified atom stereocenters. The van der Waals surface area contributed by atoms with Crippen molar-refractivity contribution in [1.29, 1.82) is 0 Å². The highest BCUT2D eigenvalue weighted by Crippen LogP contribution is 2.27. The van der Waals surface area contributed by atoms with Crippen molar-refractivity contribution in [2.24, 2.45) is 5.92 Å².